The monoisotopic (exact) mass is 227 g/mol. The molecule has 0 radical (unpaired) electrons. The molecular formula is C10H13NO3S. The predicted molar refractivity (Wildman–Crippen MR) is 59.2 cm³/mol. The van der Waals surface area contributed by atoms with Gasteiger partial charge in [0.15, 0.2) is 0 Å². The Bertz CT molecular complexity index is 392. The second kappa shape index (κ2) is 4.55. The molecule has 0 saturated heterocycles. The lowest BCUT2D eigenvalue weighted by molar-refractivity contribution is -0.138. The molecule has 0 bridgehead atoms. The molecule has 1 aromatic carbocycles. The Kier molecular flexibility index (Phi) is 3.60. The van der Waals surface area contributed by atoms with Gasteiger partial charge in [0.25, 0.3) is 0 Å². The third-order valence-electron chi connectivity index (χ3n) is 2.18. The molecule has 1 aromatic rings. The number of hydrogen-bond acceptors (Lipinski definition) is 4. The first-order valence-electron chi connectivity index (χ1n) is 4.34. The van der Waals surface area contributed by atoms with E-state index in [2.05, 4.69) is 0 Å². The van der Waals surface area contributed by atoms with Crippen LogP contribution in [0.2, 0.25) is 0 Å². The summed E-state index contributed by atoms with van der Waals surface area (Å²) in [7, 11) is 0. The van der Waals surface area contributed by atoms with Crippen LogP contribution in [-0.2, 0) is 4.79 Å². The van der Waals surface area contributed by atoms with Gasteiger partial charge >= 0.3 is 5.97 Å². The van der Waals surface area contributed by atoms with Crippen LogP contribution in [0.1, 0.15) is 17.2 Å². The van der Waals surface area contributed by atoms with E-state index < -0.39 is 12.0 Å². The first-order chi connectivity index (χ1) is 6.99. The minimum absolute atomic E-state index is 0.0308. The molecule has 0 aliphatic carbocycles. The Labute approximate surface area is 92.1 Å². The molecule has 0 aliphatic rings. The van der Waals surface area contributed by atoms with E-state index in [0.29, 0.717) is 10.5 Å². The molecule has 1 atom stereocenters. The third-order valence-corrected chi connectivity index (χ3v) is 2.97. The van der Waals surface area contributed by atoms with Crippen molar-refractivity contribution in [3.05, 3.63) is 23.3 Å². The first kappa shape index (κ1) is 11.9. The van der Waals surface area contributed by atoms with Gasteiger partial charge in [-0.05, 0) is 24.8 Å². The van der Waals surface area contributed by atoms with Gasteiger partial charge in [0.2, 0.25) is 0 Å². The van der Waals surface area contributed by atoms with Gasteiger partial charge in [0.1, 0.15) is 11.8 Å². The Morgan fingerprint density at radius 3 is 2.60 bits per heavy atom. The highest BCUT2D eigenvalue weighted by atomic mass is 32.2. The average molecular weight is 227 g/mol. The van der Waals surface area contributed by atoms with Crippen LogP contribution >= 0.6 is 11.8 Å². The van der Waals surface area contributed by atoms with E-state index in [0.717, 1.165) is 0 Å². The summed E-state index contributed by atoms with van der Waals surface area (Å²) in [4.78, 5) is 11.5. The van der Waals surface area contributed by atoms with E-state index in [1.807, 2.05) is 6.26 Å². The first-order valence-corrected chi connectivity index (χ1v) is 5.56. The van der Waals surface area contributed by atoms with Gasteiger partial charge in [-0.15, -0.1) is 11.8 Å². The minimum atomic E-state index is -1.19. The number of carbonyl (C=O) groups is 1. The molecule has 0 saturated carbocycles. The lowest BCUT2D eigenvalue weighted by atomic mass is 10.0. The minimum Gasteiger partial charge on any atom is -0.507 e. The summed E-state index contributed by atoms with van der Waals surface area (Å²) in [6.07, 6.45) is 1.81. The molecule has 15 heavy (non-hydrogen) atoms. The van der Waals surface area contributed by atoms with E-state index in [-0.39, 0.29) is 11.3 Å². The number of phenolic OH excluding ortho intramolecular Hbond substituents is 1. The Balaban J connectivity index is 3.35. The lowest BCUT2D eigenvalue weighted by Crippen LogP contribution is -2.21. The van der Waals surface area contributed by atoms with Crippen molar-refractivity contribution in [2.24, 2.45) is 5.73 Å². The summed E-state index contributed by atoms with van der Waals surface area (Å²) in [5.41, 5.74) is 6.42. The third kappa shape index (κ3) is 2.24. The van der Waals surface area contributed by atoms with Crippen LogP contribution in [0.25, 0.3) is 0 Å². The van der Waals surface area contributed by atoms with E-state index in [9.17, 15) is 9.90 Å². The van der Waals surface area contributed by atoms with Gasteiger partial charge in [-0.1, -0.05) is 6.07 Å². The maximum Gasteiger partial charge on any atom is 0.325 e. The number of carboxylic acid groups (broad SMARTS) is 1. The number of hydrogen-bond donors (Lipinski definition) is 3. The fourth-order valence-corrected chi connectivity index (χ4v) is 1.95. The summed E-state index contributed by atoms with van der Waals surface area (Å²) in [5, 5.41) is 18.6. The largest absolute Gasteiger partial charge is 0.507 e. The SMILES string of the molecule is CSc1ccc(C)c(O)c1C(N)C(=O)O. The summed E-state index contributed by atoms with van der Waals surface area (Å²) < 4.78 is 0. The molecular weight excluding hydrogens is 214 g/mol. The van der Waals surface area contributed by atoms with Crippen molar-refractivity contribution in [2.75, 3.05) is 6.26 Å². The van der Waals surface area contributed by atoms with Crippen LogP contribution < -0.4 is 5.73 Å². The van der Waals surface area contributed by atoms with E-state index in [1.54, 1.807) is 19.1 Å². The molecule has 1 rings (SSSR count). The predicted octanol–water partition coefficient (Wildman–Crippen LogP) is 1.51. The van der Waals surface area contributed by atoms with Gasteiger partial charge in [-0.25, -0.2) is 0 Å². The Morgan fingerprint density at radius 2 is 2.13 bits per heavy atom. The van der Waals surface area contributed by atoms with Crippen LogP contribution in [0.3, 0.4) is 0 Å². The van der Waals surface area contributed by atoms with Gasteiger partial charge in [0.05, 0.1) is 0 Å². The number of benzene rings is 1. The quantitative estimate of drug-likeness (QED) is 0.682. The lowest BCUT2D eigenvalue weighted by Gasteiger charge is -2.14. The van der Waals surface area contributed by atoms with Gasteiger partial charge in [-0.2, -0.15) is 0 Å². The normalized spacial score (nSPS) is 12.5. The van der Waals surface area contributed by atoms with Crippen LogP contribution in [-0.4, -0.2) is 22.4 Å². The second-order valence-electron chi connectivity index (χ2n) is 3.16. The van der Waals surface area contributed by atoms with Crippen molar-refractivity contribution < 1.29 is 15.0 Å². The van der Waals surface area contributed by atoms with Crippen LogP contribution in [0, 0.1) is 6.92 Å². The van der Waals surface area contributed by atoms with E-state index in [1.165, 1.54) is 11.8 Å². The number of phenols is 1. The highest BCUT2D eigenvalue weighted by Gasteiger charge is 2.22. The average Bonchev–Trinajstić information content (AvgIpc) is 2.20. The van der Waals surface area contributed by atoms with E-state index in [4.69, 9.17) is 10.8 Å². The number of aromatic hydroxyl groups is 1. The maximum absolute atomic E-state index is 10.8. The number of nitrogens with two attached hydrogens (primary N) is 1. The van der Waals surface area contributed by atoms with Crippen molar-refractivity contribution in [3.63, 3.8) is 0 Å². The maximum atomic E-state index is 10.8. The molecule has 0 aromatic heterocycles. The van der Waals surface area contributed by atoms with Crippen LogP contribution in [0.4, 0.5) is 0 Å². The fraction of sp³-hybridized carbons (Fsp3) is 0.300. The van der Waals surface area contributed by atoms with Gasteiger partial charge < -0.3 is 15.9 Å². The molecule has 5 heteroatoms. The van der Waals surface area contributed by atoms with Crippen LogP contribution in [0.5, 0.6) is 5.75 Å². The fourth-order valence-electron chi connectivity index (χ4n) is 1.30. The highest BCUT2D eigenvalue weighted by Crippen LogP contribution is 2.34. The zero-order chi connectivity index (χ0) is 11.6. The van der Waals surface area contributed by atoms with Crippen molar-refractivity contribution in [3.8, 4) is 5.75 Å². The zero-order valence-corrected chi connectivity index (χ0v) is 9.34. The zero-order valence-electron chi connectivity index (χ0n) is 8.52. The van der Waals surface area contributed by atoms with E-state index >= 15 is 0 Å². The molecule has 0 fully saturated rings. The van der Waals surface area contributed by atoms with Crippen LogP contribution in [0.15, 0.2) is 17.0 Å². The molecule has 0 heterocycles. The van der Waals surface area contributed by atoms with Crippen molar-refractivity contribution in [2.45, 2.75) is 17.9 Å². The smallest absolute Gasteiger partial charge is 0.325 e. The number of aryl methyl sites for hydroxylation is 1. The number of thioether (sulfide) groups is 1. The standard InChI is InChI=1S/C10H13NO3S/c1-5-3-4-6(15-2)7(9(5)12)8(11)10(13)14/h3-4,8,12H,11H2,1-2H3,(H,13,14). The summed E-state index contributed by atoms with van der Waals surface area (Å²) in [5.74, 6) is -1.18. The highest BCUT2D eigenvalue weighted by molar-refractivity contribution is 7.98. The number of carboxylic acids is 1. The molecule has 4 nitrogen and oxygen atoms in total. The Hall–Kier alpha value is -1.20. The van der Waals surface area contributed by atoms with Crippen molar-refractivity contribution in [1.29, 1.82) is 0 Å². The summed E-state index contributed by atoms with van der Waals surface area (Å²) >= 11 is 1.36. The molecule has 0 spiro atoms. The molecule has 0 aliphatic heterocycles. The summed E-state index contributed by atoms with van der Waals surface area (Å²) in [6.45, 7) is 1.71. The van der Waals surface area contributed by atoms with Gasteiger partial charge in [-0.3, -0.25) is 4.79 Å². The molecule has 0 amide bonds. The number of aliphatic carboxylic acids is 1. The van der Waals surface area contributed by atoms with Crippen molar-refractivity contribution >= 4 is 17.7 Å². The second-order valence-corrected chi connectivity index (χ2v) is 4.01. The molecule has 82 valence electrons. The Morgan fingerprint density at radius 1 is 1.53 bits per heavy atom. The van der Waals surface area contributed by atoms with Crippen molar-refractivity contribution in [1.82, 2.24) is 0 Å². The number of rotatable bonds is 3. The molecule has 1 unspecified atom stereocenters. The van der Waals surface area contributed by atoms with Gasteiger partial charge in [0, 0.05) is 10.5 Å². The molecule has 4 N–H and O–H groups in total. The summed E-state index contributed by atoms with van der Waals surface area (Å²) in [6, 6.07) is 2.31. The topological polar surface area (TPSA) is 83.5 Å².